The average molecular weight is 210 g/mol. The maximum absolute atomic E-state index is 10.7. The van der Waals surface area contributed by atoms with Crippen molar-refractivity contribution in [1.29, 1.82) is 0 Å². The third-order valence-electron chi connectivity index (χ3n) is 2.05. The van der Waals surface area contributed by atoms with Crippen molar-refractivity contribution < 1.29 is 8.76 Å². The van der Waals surface area contributed by atoms with Gasteiger partial charge in [0, 0.05) is 11.9 Å². The van der Waals surface area contributed by atoms with E-state index in [1.165, 1.54) is 0 Å². The Labute approximate surface area is 83.6 Å². The molecule has 2 aromatic rings. The van der Waals surface area contributed by atoms with Crippen molar-refractivity contribution in [3.8, 4) is 0 Å². The molecule has 74 valence electrons. The molecule has 0 saturated heterocycles. The first kappa shape index (κ1) is 9.23. The van der Waals surface area contributed by atoms with Crippen LogP contribution in [0, 0.1) is 0 Å². The molecule has 0 aliphatic rings. The Morgan fingerprint density at radius 1 is 1.43 bits per heavy atom. The molecule has 0 radical (unpaired) electrons. The maximum atomic E-state index is 10.7. The smallest absolute Gasteiger partial charge is 0.173 e. The maximum Gasteiger partial charge on any atom is 0.173 e. The minimum Gasteiger partial charge on any atom is -0.399 e. The van der Waals surface area contributed by atoms with E-state index in [9.17, 15) is 4.21 Å². The Hall–Kier alpha value is -1.33. The largest absolute Gasteiger partial charge is 0.399 e. The molecule has 1 aromatic carbocycles. The second-order valence-electron chi connectivity index (χ2n) is 3.05. The van der Waals surface area contributed by atoms with E-state index >= 15 is 0 Å². The summed E-state index contributed by atoms with van der Waals surface area (Å²) in [6.45, 7) is 0. The highest BCUT2D eigenvalue weighted by molar-refractivity contribution is 7.78. The molecule has 0 amide bonds. The predicted molar refractivity (Wildman–Crippen MR) is 57.1 cm³/mol. The first-order valence-electron chi connectivity index (χ1n) is 4.08. The standard InChI is InChI=1S/C9H10N2O2S/c10-8-2-1-7-3-4-11(6-14(12)13)9(7)5-8/h1-5H,6,10H2,(H,12,13). The van der Waals surface area contributed by atoms with Gasteiger partial charge in [-0.2, -0.15) is 0 Å². The molecule has 1 atom stereocenters. The molecule has 4 nitrogen and oxygen atoms in total. The summed E-state index contributed by atoms with van der Waals surface area (Å²) >= 11 is -1.84. The Balaban J connectivity index is 2.55. The SMILES string of the molecule is Nc1ccc2ccn(CS(=O)O)c2c1. The van der Waals surface area contributed by atoms with E-state index in [4.69, 9.17) is 10.3 Å². The highest BCUT2D eigenvalue weighted by Crippen LogP contribution is 2.18. The monoisotopic (exact) mass is 210 g/mol. The summed E-state index contributed by atoms with van der Waals surface area (Å²) in [6.07, 6.45) is 1.78. The normalized spacial score (nSPS) is 13.2. The molecule has 5 heteroatoms. The Morgan fingerprint density at radius 3 is 2.93 bits per heavy atom. The second kappa shape index (κ2) is 3.43. The molecule has 0 aliphatic carbocycles. The van der Waals surface area contributed by atoms with Crippen molar-refractivity contribution in [2.45, 2.75) is 5.88 Å². The van der Waals surface area contributed by atoms with Crippen LogP contribution in [0.1, 0.15) is 0 Å². The van der Waals surface area contributed by atoms with Crippen LogP contribution in [0.5, 0.6) is 0 Å². The number of hydrogen-bond donors (Lipinski definition) is 2. The fourth-order valence-electron chi connectivity index (χ4n) is 1.43. The summed E-state index contributed by atoms with van der Waals surface area (Å²) in [7, 11) is 0. The predicted octanol–water partition coefficient (Wildman–Crippen LogP) is 1.40. The molecule has 0 bridgehead atoms. The summed E-state index contributed by atoms with van der Waals surface area (Å²) in [5.74, 6) is 0.0763. The summed E-state index contributed by atoms with van der Waals surface area (Å²) < 4.78 is 21.1. The molecular formula is C9H10N2O2S. The second-order valence-corrected chi connectivity index (χ2v) is 3.96. The van der Waals surface area contributed by atoms with Gasteiger partial charge < -0.3 is 14.9 Å². The van der Waals surface area contributed by atoms with Crippen molar-refractivity contribution in [1.82, 2.24) is 4.57 Å². The Morgan fingerprint density at radius 2 is 2.21 bits per heavy atom. The summed E-state index contributed by atoms with van der Waals surface area (Å²) in [5, 5.41) is 1.02. The van der Waals surface area contributed by atoms with Gasteiger partial charge in [-0.1, -0.05) is 6.07 Å². The van der Waals surface area contributed by atoms with Crippen LogP contribution in [0.2, 0.25) is 0 Å². The van der Waals surface area contributed by atoms with Gasteiger partial charge in [-0.15, -0.1) is 0 Å². The summed E-state index contributed by atoms with van der Waals surface area (Å²) in [5.41, 5.74) is 7.17. The van der Waals surface area contributed by atoms with E-state index in [1.54, 1.807) is 16.8 Å². The Kier molecular flexibility index (Phi) is 2.26. The van der Waals surface area contributed by atoms with Crippen LogP contribution >= 0.6 is 0 Å². The van der Waals surface area contributed by atoms with Crippen LogP contribution in [-0.4, -0.2) is 13.3 Å². The lowest BCUT2D eigenvalue weighted by Gasteiger charge is -2.01. The van der Waals surface area contributed by atoms with Gasteiger partial charge in [0.1, 0.15) is 5.88 Å². The topological polar surface area (TPSA) is 68.2 Å². The number of anilines is 1. The molecule has 1 aromatic heterocycles. The van der Waals surface area contributed by atoms with Crippen molar-refractivity contribution in [2.75, 3.05) is 5.73 Å². The molecular weight excluding hydrogens is 200 g/mol. The van der Waals surface area contributed by atoms with Crippen LogP contribution in [0.3, 0.4) is 0 Å². The van der Waals surface area contributed by atoms with E-state index in [0.29, 0.717) is 5.69 Å². The number of nitrogen functional groups attached to an aromatic ring is 1. The van der Waals surface area contributed by atoms with Crippen LogP contribution in [0.4, 0.5) is 5.69 Å². The van der Waals surface area contributed by atoms with E-state index in [1.807, 2.05) is 18.2 Å². The number of benzene rings is 1. The van der Waals surface area contributed by atoms with Gasteiger partial charge in [-0.3, -0.25) is 0 Å². The third-order valence-corrected chi connectivity index (χ3v) is 2.55. The van der Waals surface area contributed by atoms with Crippen LogP contribution < -0.4 is 5.73 Å². The molecule has 14 heavy (non-hydrogen) atoms. The number of nitrogens with two attached hydrogens (primary N) is 1. The lowest BCUT2D eigenvalue weighted by atomic mass is 10.2. The molecule has 1 heterocycles. The van der Waals surface area contributed by atoms with Gasteiger partial charge >= 0.3 is 0 Å². The van der Waals surface area contributed by atoms with Crippen molar-refractivity contribution in [3.63, 3.8) is 0 Å². The molecule has 2 rings (SSSR count). The molecule has 0 saturated carbocycles. The molecule has 0 aliphatic heterocycles. The van der Waals surface area contributed by atoms with Crippen LogP contribution in [0.15, 0.2) is 30.5 Å². The van der Waals surface area contributed by atoms with Gasteiger partial charge in [0.05, 0.1) is 5.52 Å². The molecule has 0 fully saturated rings. The zero-order chi connectivity index (χ0) is 10.1. The van der Waals surface area contributed by atoms with Gasteiger partial charge in [-0.25, -0.2) is 4.21 Å². The van der Waals surface area contributed by atoms with Gasteiger partial charge in [-0.05, 0) is 23.6 Å². The zero-order valence-corrected chi connectivity index (χ0v) is 8.20. The summed E-state index contributed by atoms with van der Waals surface area (Å²) in [4.78, 5) is 0. The average Bonchev–Trinajstić information content (AvgIpc) is 2.47. The lowest BCUT2D eigenvalue weighted by Crippen LogP contribution is -2.01. The van der Waals surface area contributed by atoms with E-state index in [2.05, 4.69) is 0 Å². The fourth-order valence-corrected chi connectivity index (χ4v) is 1.90. The zero-order valence-electron chi connectivity index (χ0n) is 7.38. The van der Waals surface area contributed by atoms with E-state index in [-0.39, 0.29) is 5.88 Å². The summed E-state index contributed by atoms with van der Waals surface area (Å²) in [6, 6.07) is 7.38. The van der Waals surface area contributed by atoms with E-state index in [0.717, 1.165) is 10.9 Å². The number of nitrogens with zero attached hydrogens (tertiary/aromatic N) is 1. The van der Waals surface area contributed by atoms with E-state index < -0.39 is 11.1 Å². The van der Waals surface area contributed by atoms with Crippen molar-refractivity contribution in [3.05, 3.63) is 30.5 Å². The molecule has 1 unspecified atom stereocenters. The van der Waals surface area contributed by atoms with Crippen molar-refractivity contribution in [2.24, 2.45) is 0 Å². The number of rotatable bonds is 2. The van der Waals surface area contributed by atoms with Gasteiger partial charge in [0.25, 0.3) is 0 Å². The minimum absolute atomic E-state index is 0.0763. The molecule has 3 N–H and O–H groups in total. The quantitative estimate of drug-likeness (QED) is 0.581. The first-order valence-corrected chi connectivity index (χ1v) is 5.36. The highest BCUT2D eigenvalue weighted by atomic mass is 32.2. The van der Waals surface area contributed by atoms with Gasteiger partial charge in [0.2, 0.25) is 0 Å². The number of aromatic nitrogens is 1. The Bertz CT molecular complexity index is 493. The first-order chi connectivity index (χ1) is 6.66. The van der Waals surface area contributed by atoms with Gasteiger partial charge in [0.15, 0.2) is 11.1 Å². The minimum atomic E-state index is -1.84. The number of fused-ring (bicyclic) bond motifs is 1. The van der Waals surface area contributed by atoms with Crippen LogP contribution in [-0.2, 0) is 17.0 Å². The highest BCUT2D eigenvalue weighted by Gasteiger charge is 2.02. The fraction of sp³-hybridized carbons (Fsp3) is 0.111. The molecule has 0 spiro atoms. The van der Waals surface area contributed by atoms with Crippen molar-refractivity contribution >= 4 is 27.7 Å². The number of hydrogen-bond acceptors (Lipinski definition) is 2. The lowest BCUT2D eigenvalue weighted by molar-refractivity contribution is 0.553. The van der Waals surface area contributed by atoms with Crippen LogP contribution in [0.25, 0.3) is 10.9 Å². The third kappa shape index (κ3) is 1.64.